The van der Waals surface area contributed by atoms with Crippen LogP contribution in [0.3, 0.4) is 0 Å². The van der Waals surface area contributed by atoms with Gasteiger partial charge in [0, 0.05) is 0 Å². The molecular formula is C44H52Cl2SiZr-2. The van der Waals surface area contributed by atoms with Crippen molar-refractivity contribution < 1.29 is 48.1 Å². The Morgan fingerprint density at radius 3 is 1.79 bits per heavy atom. The van der Waals surface area contributed by atoms with Crippen LogP contribution >= 0.6 is 0 Å². The third-order valence-electron chi connectivity index (χ3n) is 8.70. The minimum absolute atomic E-state index is 0. The second-order valence-electron chi connectivity index (χ2n) is 14.6. The van der Waals surface area contributed by atoms with Crippen LogP contribution in [0, 0.1) is 34.6 Å². The predicted octanol–water partition coefficient (Wildman–Crippen LogP) is 7.21. The molecule has 48 heavy (non-hydrogen) atoms. The van der Waals surface area contributed by atoms with Crippen LogP contribution in [-0.4, -0.2) is 5.43 Å². The Labute approximate surface area is 318 Å². The molecule has 0 N–H and O–H groups in total. The Kier molecular flexibility index (Phi) is 15.4. The quantitative estimate of drug-likeness (QED) is 0.132. The number of rotatable bonds is 3. The summed E-state index contributed by atoms with van der Waals surface area (Å²) < 4.78 is 0. The molecule has 0 saturated carbocycles. The Balaban J connectivity index is 0.000000289. The van der Waals surface area contributed by atoms with Gasteiger partial charge in [-0.3, -0.25) is 0 Å². The Morgan fingerprint density at radius 2 is 1.25 bits per heavy atom. The molecule has 0 atom stereocenters. The molecular weight excluding hydrogens is 719 g/mol. The van der Waals surface area contributed by atoms with Crippen molar-refractivity contribution in [2.75, 3.05) is 0 Å². The van der Waals surface area contributed by atoms with Gasteiger partial charge in [-0.1, -0.05) is 114 Å². The van der Waals surface area contributed by atoms with Gasteiger partial charge in [-0.05, 0) is 59.9 Å². The molecule has 0 aliphatic heterocycles. The zero-order chi connectivity index (χ0) is 33.9. The van der Waals surface area contributed by atoms with Gasteiger partial charge in [0.05, 0.1) is 0 Å². The monoisotopic (exact) mass is 768 g/mol. The second kappa shape index (κ2) is 17.6. The molecule has 0 bridgehead atoms. The van der Waals surface area contributed by atoms with Crippen LogP contribution in [0.1, 0.15) is 79.5 Å². The molecule has 6 rings (SSSR count). The van der Waals surface area contributed by atoms with E-state index in [1.54, 1.807) is 23.3 Å². The van der Waals surface area contributed by atoms with E-state index >= 15 is 0 Å². The zero-order valence-electron chi connectivity index (χ0n) is 31.0. The molecule has 0 saturated heterocycles. The third kappa shape index (κ3) is 10.2. The van der Waals surface area contributed by atoms with Crippen LogP contribution in [0.15, 0.2) is 91.0 Å². The first-order valence-corrected chi connectivity index (χ1v) is 22.8. The van der Waals surface area contributed by atoms with Gasteiger partial charge in [0.25, 0.3) is 0 Å². The molecule has 0 amide bonds. The number of hydrogen-bond donors (Lipinski definition) is 0. The molecule has 0 nitrogen and oxygen atoms in total. The van der Waals surface area contributed by atoms with Crippen molar-refractivity contribution in [3.8, 4) is 22.3 Å². The van der Waals surface area contributed by atoms with Crippen molar-refractivity contribution in [1.82, 2.24) is 0 Å². The van der Waals surface area contributed by atoms with E-state index in [0.29, 0.717) is 5.92 Å². The first kappa shape index (κ1) is 41.9. The van der Waals surface area contributed by atoms with E-state index in [-0.39, 0.29) is 35.7 Å². The van der Waals surface area contributed by atoms with E-state index in [0.717, 1.165) is 0 Å². The topological polar surface area (TPSA) is 0 Å². The summed E-state index contributed by atoms with van der Waals surface area (Å²) in [5, 5.41) is 5.49. The van der Waals surface area contributed by atoms with E-state index in [1.165, 1.54) is 82.7 Å². The van der Waals surface area contributed by atoms with Crippen molar-refractivity contribution in [3.63, 3.8) is 0 Å². The smallest absolute Gasteiger partial charge is 0.0132 e. The molecule has 0 aliphatic rings. The molecule has 0 spiro atoms. The van der Waals surface area contributed by atoms with Gasteiger partial charge in [0.2, 0.25) is 0 Å². The maximum atomic E-state index is 2.37. The van der Waals surface area contributed by atoms with Gasteiger partial charge >= 0.3 is 41.9 Å². The summed E-state index contributed by atoms with van der Waals surface area (Å²) in [5.74, 6) is 0.575. The van der Waals surface area contributed by atoms with E-state index in [2.05, 4.69) is 173 Å². The fourth-order valence-electron chi connectivity index (χ4n) is 6.41. The zero-order valence-corrected chi connectivity index (χ0v) is 36.0. The molecule has 0 fully saturated rings. The summed E-state index contributed by atoms with van der Waals surface area (Å²) in [6.45, 7) is 26.9. The van der Waals surface area contributed by atoms with Gasteiger partial charge in [-0.15, -0.1) is 68.6 Å². The third-order valence-corrected chi connectivity index (χ3v) is 8.70. The number of benzene rings is 4. The summed E-state index contributed by atoms with van der Waals surface area (Å²) in [6, 6.07) is 34.1. The van der Waals surface area contributed by atoms with Gasteiger partial charge in [-0.25, -0.2) is 0 Å². The molecule has 252 valence electrons. The van der Waals surface area contributed by atoms with Crippen molar-refractivity contribution in [2.45, 2.75) is 93.7 Å². The van der Waals surface area contributed by atoms with Crippen LogP contribution < -0.4 is 24.8 Å². The predicted molar refractivity (Wildman–Crippen MR) is 204 cm³/mol. The summed E-state index contributed by atoms with van der Waals surface area (Å²) in [4.78, 5) is 0. The molecule has 0 aliphatic carbocycles. The molecule has 6 aromatic rings. The van der Waals surface area contributed by atoms with Gasteiger partial charge in [-0.2, -0.15) is 12.1 Å². The molecule has 0 radical (unpaired) electrons. The fourth-order valence-corrected chi connectivity index (χ4v) is 6.41. The van der Waals surface area contributed by atoms with E-state index in [9.17, 15) is 0 Å². The molecule has 4 heteroatoms. The largest absolute Gasteiger partial charge is 1.00 e. The van der Waals surface area contributed by atoms with Crippen LogP contribution in [0.5, 0.6) is 0 Å². The molecule has 0 unspecified atom stereocenters. The average Bonchev–Trinajstić information content (AvgIpc) is 3.57. The molecule has 0 aromatic heterocycles. The first-order valence-electron chi connectivity index (χ1n) is 16.6. The van der Waals surface area contributed by atoms with E-state index in [4.69, 9.17) is 0 Å². The Morgan fingerprint density at radius 1 is 0.667 bits per heavy atom. The number of hydrogen-bond acceptors (Lipinski definition) is 0. The fraction of sp³-hybridized carbons (Fsp3) is 0.318. The van der Waals surface area contributed by atoms with E-state index in [1.807, 2.05) is 0 Å². The van der Waals surface area contributed by atoms with Gasteiger partial charge in [0.15, 0.2) is 0 Å². The Hall–Kier alpha value is -2.22. The van der Waals surface area contributed by atoms with Crippen LogP contribution in [-0.2, 0) is 28.8 Å². The molecule has 6 aromatic carbocycles. The summed E-state index contributed by atoms with van der Waals surface area (Å²) in [6.07, 6.45) is 0. The standard InChI is InChI=1S/2C21H23.C2H6Si.2ClH.Zr/c1-14-12-19-15(2)6-11-18(20(19)13-14)16-7-9-17(10-8-16)21(3,4)5;1-13(2)18-11-17-7-6-8-19(20(17)12-18)21-15(4)9-14(3)10-16(21)5;1-3-2;;;/h2*6-13H,1-5H3;1-2H3;2*1H;/q2*-1;;;;+2/p-2. The summed E-state index contributed by atoms with van der Waals surface area (Å²) >= 11 is 1.74. The summed E-state index contributed by atoms with van der Waals surface area (Å²) in [5.41, 5.74) is 15.4. The maximum absolute atomic E-state index is 2.37. The summed E-state index contributed by atoms with van der Waals surface area (Å²) in [7, 11) is 0. The van der Waals surface area contributed by atoms with Crippen molar-refractivity contribution in [2.24, 2.45) is 0 Å². The number of halogens is 2. The van der Waals surface area contributed by atoms with Crippen LogP contribution in [0.2, 0.25) is 13.1 Å². The van der Waals surface area contributed by atoms with Crippen molar-refractivity contribution in [1.29, 1.82) is 0 Å². The molecule has 0 heterocycles. The van der Waals surface area contributed by atoms with Crippen molar-refractivity contribution >= 4 is 27.0 Å². The van der Waals surface area contributed by atoms with Gasteiger partial charge in [0.1, 0.15) is 0 Å². The normalized spacial score (nSPS) is 10.9. The Bertz CT molecular complexity index is 1950. The minimum atomic E-state index is 0. The minimum Gasteiger partial charge on any atom is -1.00 e. The first-order chi connectivity index (χ1) is 21.6. The number of aryl methyl sites for hydroxylation is 5. The van der Waals surface area contributed by atoms with Crippen LogP contribution in [0.25, 0.3) is 43.8 Å². The number of fused-ring (bicyclic) bond motifs is 2. The maximum Gasteiger partial charge on any atom is -0.0132 e. The van der Waals surface area contributed by atoms with E-state index < -0.39 is 0 Å². The SMILES string of the molecule is C[Si](C)=[Zr+2].Cc1cc(C)c(-c2cccc3[cH-]c(C(C)C)cc23)c(C)c1.Cc1cc2c(-c3ccc(C(C)(C)C)cc3)ccc(C)c2[cH-]1.[Cl-].[Cl-]. The second-order valence-corrected chi connectivity index (χ2v) is 24.0. The van der Waals surface area contributed by atoms with Gasteiger partial charge < -0.3 is 24.8 Å². The van der Waals surface area contributed by atoms with Crippen molar-refractivity contribution in [3.05, 3.63) is 130 Å². The average molecular weight is 771 g/mol. The van der Waals surface area contributed by atoms with Crippen LogP contribution in [0.4, 0.5) is 0 Å².